The van der Waals surface area contributed by atoms with Crippen molar-refractivity contribution in [3.8, 4) is 0 Å². The van der Waals surface area contributed by atoms with Crippen molar-refractivity contribution < 1.29 is 0 Å². The summed E-state index contributed by atoms with van der Waals surface area (Å²) in [7, 11) is 0. The summed E-state index contributed by atoms with van der Waals surface area (Å²) in [6.07, 6.45) is 17.2. The summed E-state index contributed by atoms with van der Waals surface area (Å²) in [6.45, 7) is 26.4. The topological polar surface area (TPSA) is 81.0 Å². The molecule has 0 unspecified atom stereocenters. The van der Waals surface area contributed by atoms with Gasteiger partial charge >= 0.3 is 0 Å². The number of aryl methyl sites for hydroxylation is 12. The average molecular weight is 975 g/mol. The van der Waals surface area contributed by atoms with E-state index in [1.165, 1.54) is 89.0 Å². The molecule has 0 atom stereocenters. The van der Waals surface area contributed by atoms with E-state index in [2.05, 4.69) is 214 Å². The minimum absolute atomic E-state index is 0.885. The molecule has 5 aliphatic rings. The summed E-state index contributed by atoms with van der Waals surface area (Å²) in [5.74, 6) is 0. The molecule has 7 heterocycles. The molecule has 0 saturated heterocycles. The number of allylic oxidation sites excluding steroid dienone is 4. The van der Waals surface area contributed by atoms with E-state index < -0.39 is 0 Å². The number of fused-ring (bicyclic) bond motifs is 8. The predicted molar refractivity (Wildman–Crippen MR) is 310 cm³/mol. The molecule has 8 heteroatoms. The molecule has 72 heavy (non-hydrogen) atoms. The molecule has 0 saturated carbocycles. The van der Waals surface area contributed by atoms with Crippen LogP contribution in [0.15, 0.2) is 164 Å². The Morgan fingerprint density at radius 2 is 0.472 bits per heavy atom. The monoisotopic (exact) mass is 974 g/mol. The largest absolute Gasteiger partial charge is 0.354 e. The molecule has 2 N–H and O–H groups in total. The summed E-state index contributed by atoms with van der Waals surface area (Å²) in [5, 5.41) is 3.54. The first-order chi connectivity index (χ1) is 34.6. The lowest BCUT2D eigenvalue weighted by Crippen LogP contribution is -2.02. The van der Waals surface area contributed by atoms with Gasteiger partial charge in [0.15, 0.2) is 0 Å². The molecule has 6 nitrogen and oxygen atoms in total. The Kier molecular flexibility index (Phi) is 12.0. The molecule has 5 aliphatic heterocycles. The van der Waals surface area contributed by atoms with Crippen LogP contribution in [0.3, 0.4) is 0 Å². The van der Waals surface area contributed by atoms with E-state index in [0.717, 1.165) is 88.0 Å². The lowest BCUT2D eigenvalue weighted by atomic mass is 9.90. The molecule has 2 aromatic heterocycles. The first-order valence-corrected chi connectivity index (χ1v) is 26.3. The number of rotatable bonds is 4. The molecule has 0 radical (unpaired) electrons. The second-order valence-corrected chi connectivity index (χ2v) is 22.1. The highest BCUT2D eigenvalue weighted by Crippen LogP contribution is 2.43. The van der Waals surface area contributed by atoms with Gasteiger partial charge in [-0.2, -0.15) is 0 Å². The molecule has 0 spiro atoms. The van der Waals surface area contributed by atoms with Crippen molar-refractivity contribution in [2.24, 2.45) is 20.0 Å². The van der Waals surface area contributed by atoms with Crippen molar-refractivity contribution in [2.45, 2.75) is 83.1 Å². The molecule has 0 amide bonds. The number of nitrogens with one attached hydrogen (secondary N) is 2. The molecule has 6 aromatic rings. The standard InChI is InChI=1S/C64H58N6S2/c1-33-25-37(5)57(38(6)26-33)61-45-13-14-46(65-45)62(58-39(7)27-34(2)28-40(58)8)50-18-23-55(68-50)72-56-24-20-52(70-56)64(60-43(11)31-36(4)32-44(60)12)48-16-15-47(66-48)63(59-41(9)29-35(3)30-42(59)10)51-19-22-54(69-51)71-53-21-17-49(61)67-53/h13-32,65-66H,1-12H3. The van der Waals surface area contributed by atoms with Gasteiger partial charge in [-0.05, 0) is 223 Å². The van der Waals surface area contributed by atoms with E-state index in [1.54, 1.807) is 23.5 Å². The second-order valence-electron chi connectivity index (χ2n) is 20.0. The van der Waals surface area contributed by atoms with Crippen molar-refractivity contribution in [1.29, 1.82) is 0 Å². The summed E-state index contributed by atoms with van der Waals surface area (Å²) in [4.78, 5) is 29.6. The van der Waals surface area contributed by atoms with E-state index in [4.69, 9.17) is 20.0 Å². The zero-order valence-electron chi connectivity index (χ0n) is 43.2. The zero-order valence-corrected chi connectivity index (χ0v) is 44.8. The molecular formula is C64H58N6S2. The Hall–Kier alpha value is -7.26. The summed E-state index contributed by atoms with van der Waals surface area (Å²) in [5.41, 5.74) is 31.1. The fraction of sp³-hybridized carbons (Fsp3) is 0.188. The van der Waals surface area contributed by atoms with Crippen LogP contribution in [0.25, 0.3) is 22.3 Å². The average Bonchev–Trinajstić information content (AvgIpc) is 4.17. The molecule has 12 bridgehead atoms. The Labute approximate surface area is 432 Å². The number of hydrogen-bond acceptors (Lipinski definition) is 6. The van der Waals surface area contributed by atoms with Crippen LogP contribution in [0.2, 0.25) is 0 Å². The van der Waals surface area contributed by atoms with Gasteiger partial charge in [-0.1, -0.05) is 94.3 Å². The number of thioether (sulfide) groups is 2. The highest BCUT2D eigenvalue weighted by molar-refractivity contribution is 8.27. The van der Waals surface area contributed by atoms with Crippen LogP contribution in [0.1, 0.15) is 112 Å². The van der Waals surface area contributed by atoms with E-state index in [-0.39, 0.29) is 0 Å². The first kappa shape index (κ1) is 47.1. The number of aromatic nitrogens is 2. The Bertz CT molecular complexity index is 3220. The number of aromatic amines is 2. The van der Waals surface area contributed by atoms with Crippen molar-refractivity contribution in [3.05, 3.63) is 256 Å². The number of H-pyrrole nitrogens is 2. The highest BCUT2D eigenvalue weighted by Gasteiger charge is 2.28. The Balaban J connectivity index is 1.16. The van der Waals surface area contributed by atoms with Gasteiger partial charge < -0.3 is 9.97 Å². The molecule has 0 aliphatic carbocycles. The minimum atomic E-state index is 0.885. The Morgan fingerprint density at radius 3 is 0.667 bits per heavy atom. The van der Waals surface area contributed by atoms with E-state index in [9.17, 15) is 0 Å². The number of nitrogens with zero attached hydrogens (tertiary/aromatic N) is 4. The highest BCUT2D eigenvalue weighted by atomic mass is 32.2. The van der Waals surface area contributed by atoms with Gasteiger partial charge in [0.05, 0.1) is 22.8 Å². The van der Waals surface area contributed by atoms with E-state index in [0.29, 0.717) is 0 Å². The van der Waals surface area contributed by atoms with E-state index >= 15 is 0 Å². The molecule has 0 fully saturated rings. The fourth-order valence-electron chi connectivity index (χ4n) is 11.6. The lowest BCUT2D eigenvalue weighted by molar-refractivity contribution is 1.22. The number of aliphatic imine (C=N–C) groups is 4. The quantitative estimate of drug-likeness (QED) is 0.185. The number of hydrogen-bond donors (Lipinski definition) is 2. The smallest absolute Gasteiger partial charge is 0.103 e. The third-order valence-corrected chi connectivity index (χ3v) is 15.8. The van der Waals surface area contributed by atoms with Gasteiger partial charge in [0, 0.05) is 45.1 Å². The summed E-state index contributed by atoms with van der Waals surface area (Å²) >= 11 is 3.19. The molecule has 356 valence electrons. The van der Waals surface area contributed by atoms with Crippen molar-refractivity contribution in [3.63, 3.8) is 0 Å². The maximum Gasteiger partial charge on any atom is 0.103 e. The van der Waals surface area contributed by atoms with Gasteiger partial charge in [-0.15, -0.1) is 0 Å². The predicted octanol–water partition coefficient (Wildman–Crippen LogP) is 16.1. The molecular weight excluding hydrogens is 917 g/mol. The maximum atomic E-state index is 5.41. The lowest BCUT2D eigenvalue weighted by Gasteiger charge is -2.17. The maximum absolute atomic E-state index is 5.41. The SMILES string of the molecule is Cc1cc(C)c(C2=C3C=CC(=N3)SC3=NC(=C(c4c(C)cc(C)cc4C)c4ccc([nH]4)C(c4c(C)cc(C)cc4C)=C4C=CC(=N4)SC4=NC(=C(c5c(C)cc(C)cc5C)c5ccc2[nH]5)C=C4)C=C3)c(C)c1. The van der Waals surface area contributed by atoms with Gasteiger partial charge in [0.2, 0.25) is 0 Å². The van der Waals surface area contributed by atoms with Crippen LogP contribution in [-0.4, -0.2) is 30.1 Å². The van der Waals surface area contributed by atoms with Crippen LogP contribution >= 0.6 is 23.5 Å². The summed E-state index contributed by atoms with van der Waals surface area (Å²) in [6, 6.07) is 27.1. The van der Waals surface area contributed by atoms with Crippen molar-refractivity contribution in [1.82, 2.24) is 9.97 Å². The van der Waals surface area contributed by atoms with Crippen molar-refractivity contribution >= 4 is 66.0 Å². The van der Waals surface area contributed by atoms with Crippen molar-refractivity contribution in [2.75, 3.05) is 0 Å². The zero-order chi connectivity index (χ0) is 50.3. The van der Waals surface area contributed by atoms with E-state index in [1.807, 2.05) is 0 Å². The first-order valence-electron chi connectivity index (χ1n) is 24.7. The third kappa shape index (κ3) is 8.60. The Morgan fingerprint density at radius 1 is 0.278 bits per heavy atom. The summed E-state index contributed by atoms with van der Waals surface area (Å²) < 4.78 is 0. The van der Waals surface area contributed by atoms with Crippen LogP contribution in [-0.2, 0) is 0 Å². The van der Waals surface area contributed by atoms with Gasteiger partial charge in [0.25, 0.3) is 0 Å². The molecule has 4 aromatic carbocycles. The second kappa shape index (κ2) is 18.4. The van der Waals surface area contributed by atoms with Crippen LogP contribution in [0, 0.1) is 83.1 Å². The molecule has 11 rings (SSSR count). The third-order valence-electron chi connectivity index (χ3n) is 14.1. The number of benzene rings is 4. The van der Waals surface area contributed by atoms with Gasteiger partial charge in [-0.25, -0.2) is 20.0 Å². The fourth-order valence-corrected chi connectivity index (χ4v) is 13.2. The van der Waals surface area contributed by atoms with Gasteiger partial charge in [0.1, 0.15) is 20.2 Å². The van der Waals surface area contributed by atoms with Crippen LogP contribution in [0.4, 0.5) is 0 Å². The van der Waals surface area contributed by atoms with Crippen LogP contribution in [0.5, 0.6) is 0 Å². The van der Waals surface area contributed by atoms with Gasteiger partial charge in [-0.3, -0.25) is 0 Å². The minimum Gasteiger partial charge on any atom is -0.354 e. The van der Waals surface area contributed by atoms with Crippen LogP contribution < -0.4 is 0 Å². The normalized spacial score (nSPS) is 16.4.